The summed E-state index contributed by atoms with van der Waals surface area (Å²) < 4.78 is 80.4. The highest BCUT2D eigenvalue weighted by Crippen LogP contribution is 2.30. The first kappa shape index (κ1) is 14.0. The van der Waals surface area contributed by atoms with E-state index in [-0.39, 0.29) is 4.90 Å². The molecule has 0 aliphatic rings. The van der Waals surface area contributed by atoms with Crippen LogP contribution in [0, 0.1) is 0 Å². The van der Waals surface area contributed by atoms with E-state index in [2.05, 4.69) is 0 Å². The van der Waals surface area contributed by atoms with Gasteiger partial charge in [0.1, 0.15) is 0 Å². The molecular formula is C8H7F3O4S2. The molecule has 0 N–H and O–H groups in total. The predicted octanol–water partition coefficient (Wildman–Crippen LogP) is 1.38. The molecule has 96 valence electrons. The van der Waals surface area contributed by atoms with Crippen LogP contribution in [0.2, 0.25) is 0 Å². The van der Waals surface area contributed by atoms with Gasteiger partial charge in [0.2, 0.25) is 0 Å². The summed E-state index contributed by atoms with van der Waals surface area (Å²) in [6, 6.07) is 2.85. The lowest BCUT2D eigenvalue weighted by atomic mass is 10.4. The van der Waals surface area contributed by atoms with Crippen molar-refractivity contribution in [2.45, 2.75) is 15.3 Å². The quantitative estimate of drug-likeness (QED) is 0.824. The van der Waals surface area contributed by atoms with Gasteiger partial charge >= 0.3 is 5.51 Å². The van der Waals surface area contributed by atoms with Gasteiger partial charge in [-0.1, -0.05) is 0 Å². The zero-order valence-electron chi connectivity index (χ0n) is 8.39. The standard InChI is InChI=1S/C8H7F3O4S2/c1-16(12,13)6-2-4-7(5-3-6)17(14,15)8(9,10)11/h2-5H,1H3. The number of hydrogen-bond donors (Lipinski definition) is 0. The normalized spacial score (nSPS) is 13.6. The van der Waals surface area contributed by atoms with E-state index in [1.54, 1.807) is 0 Å². The van der Waals surface area contributed by atoms with Gasteiger partial charge in [-0.15, -0.1) is 0 Å². The molecule has 17 heavy (non-hydrogen) atoms. The van der Waals surface area contributed by atoms with Gasteiger partial charge in [0.15, 0.2) is 9.84 Å². The van der Waals surface area contributed by atoms with Crippen molar-refractivity contribution in [3.63, 3.8) is 0 Å². The summed E-state index contributed by atoms with van der Waals surface area (Å²) in [7, 11) is -9.01. The van der Waals surface area contributed by atoms with Crippen molar-refractivity contribution in [1.29, 1.82) is 0 Å². The zero-order chi connectivity index (χ0) is 13.5. The molecule has 0 bridgehead atoms. The van der Waals surface area contributed by atoms with Gasteiger partial charge in [-0.05, 0) is 24.3 Å². The van der Waals surface area contributed by atoms with Gasteiger partial charge in [0, 0.05) is 6.26 Å². The van der Waals surface area contributed by atoms with Crippen LogP contribution >= 0.6 is 0 Å². The highest BCUT2D eigenvalue weighted by molar-refractivity contribution is 7.92. The van der Waals surface area contributed by atoms with Gasteiger partial charge in [0.05, 0.1) is 9.79 Å². The molecule has 1 aromatic rings. The summed E-state index contributed by atoms with van der Waals surface area (Å²) in [4.78, 5) is -1.24. The smallest absolute Gasteiger partial charge is 0.224 e. The number of rotatable bonds is 2. The molecule has 0 fully saturated rings. The lowest BCUT2D eigenvalue weighted by Gasteiger charge is -2.08. The van der Waals surface area contributed by atoms with Gasteiger partial charge < -0.3 is 0 Å². The van der Waals surface area contributed by atoms with Gasteiger partial charge in [-0.3, -0.25) is 0 Å². The third-order valence-corrected chi connectivity index (χ3v) is 4.50. The molecule has 1 aromatic carbocycles. The van der Waals surface area contributed by atoms with Crippen molar-refractivity contribution in [1.82, 2.24) is 0 Å². The van der Waals surface area contributed by atoms with E-state index in [1.807, 2.05) is 0 Å². The van der Waals surface area contributed by atoms with Crippen molar-refractivity contribution in [2.24, 2.45) is 0 Å². The minimum atomic E-state index is -5.43. The third kappa shape index (κ3) is 2.78. The Labute approximate surface area is 95.9 Å². The number of hydrogen-bond acceptors (Lipinski definition) is 4. The maximum Gasteiger partial charge on any atom is 0.501 e. The van der Waals surface area contributed by atoms with Gasteiger partial charge in [-0.2, -0.15) is 13.2 Å². The Morgan fingerprint density at radius 3 is 1.53 bits per heavy atom. The minimum absolute atomic E-state index is 0.251. The lowest BCUT2D eigenvalue weighted by molar-refractivity contribution is -0.0436. The molecule has 9 heteroatoms. The SMILES string of the molecule is CS(=O)(=O)c1ccc(S(=O)(=O)C(F)(F)F)cc1. The second kappa shape index (κ2) is 3.98. The Morgan fingerprint density at radius 1 is 0.882 bits per heavy atom. The molecule has 0 heterocycles. The summed E-state index contributed by atoms with van der Waals surface area (Å²) in [5.41, 5.74) is -5.40. The second-order valence-corrected chi connectivity index (χ2v) is 7.15. The molecule has 0 aliphatic carbocycles. The van der Waals surface area contributed by atoms with E-state index < -0.39 is 30.1 Å². The monoisotopic (exact) mass is 288 g/mol. The molecule has 0 saturated carbocycles. The number of halogens is 3. The van der Waals surface area contributed by atoms with Crippen LogP contribution in [0.15, 0.2) is 34.1 Å². The molecule has 4 nitrogen and oxygen atoms in total. The Balaban J connectivity index is 3.31. The fourth-order valence-electron chi connectivity index (χ4n) is 1.000. The zero-order valence-corrected chi connectivity index (χ0v) is 10.0. The molecule has 0 amide bonds. The number of sulfone groups is 2. The van der Waals surface area contributed by atoms with Crippen LogP contribution in [0.1, 0.15) is 0 Å². The largest absolute Gasteiger partial charge is 0.501 e. The predicted molar refractivity (Wildman–Crippen MR) is 52.8 cm³/mol. The van der Waals surface area contributed by atoms with Gasteiger partial charge in [-0.25, -0.2) is 16.8 Å². The highest BCUT2D eigenvalue weighted by Gasteiger charge is 2.46. The molecule has 0 atom stereocenters. The van der Waals surface area contributed by atoms with Crippen LogP contribution in [0.4, 0.5) is 13.2 Å². The summed E-state index contributed by atoms with van der Waals surface area (Å²) in [5.74, 6) is 0. The highest BCUT2D eigenvalue weighted by atomic mass is 32.2. The average Bonchev–Trinajstić information content (AvgIpc) is 2.15. The van der Waals surface area contributed by atoms with Crippen molar-refractivity contribution in [3.8, 4) is 0 Å². The van der Waals surface area contributed by atoms with Gasteiger partial charge in [0.25, 0.3) is 9.84 Å². The average molecular weight is 288 g/mol. The molecule has 0 saturated heterocycles. The first-order valence-corrected chi connectivity index (χ1v) is 7.45. The number of benzene rings is 1. The van der Waals surface area contributed by atoms with E-state index in [0.717, 1.165) is 18.4 Å². The van der Waals surface area contributed by atoms with E-state index in [4.69, 9.17) is 0 Å². The Kier molecular flexibility index (Phi) is 3.27. The fourth-order valence-corrected chi connectivity index (χ4v) is 2.39. The van der Waals surface area contributed by atoms with Crippen LogP contribution in [0.5, 0.6) is 0 Å². The molecule has 0 aliphatic heterocycles. The summed E-state index contributed by atoms with van der Waals surface area (Å²) >= 11 is 0. The van der Waals surface area contributed by atoms with Crippen LogP contribution in [0.3, 0.4) is 0 Å². The Bertz CT molecular complexity index is 612. The Morgan fingerprint density at radius 2 is 1.24 bits per heavy atom. The van der Waals surface area contributed by atoms with Crippen LogP contribution < -0.4 is 0 Å². The maximum atomic E-state index is 12.1. The molecule has 0 aromatic heterocycles. The van der Waals surface area contributed by atoms with E-state index >= 15 is 0 Å². The molecule has 0 unspecified atom stereocenters. The summed E-state index contributed by atoms with van der Waals surface area (Å²) in [6.45, 7) is 0. The molecule has 1 rings (SSSR count). The van der Waals surface area contributed by atoms with E-state index in [9.17, 15) is 30.0 Å². The first-order valence-electron chi connectivity index (χ1n) is 4.08. The van der Waals surface area contributed by atoms with Crippen molar-refractivity contribution < 1.29 is 30.0 Å². The second-order valence-electron chi connectivity index (χ2n) is 3.19. The topological polar surface area (TPSA) is 68.3 Å². The summed E-state index contributed by atoms with van der Waals surface area (Å²) in [5, 5.41) is 0. The maximum absolute atomic E-state index is 12.1. The molecular weight excluding hydrogens is 281 g/mol. The van der Waals surface area contributed by atoms with Crippen molar-refractivity contribution in [3.05, 3.63) is 24.3 Å². The third-order valence-electron chi connectivity index (χ3n) is 1.87. The first-order chi connectivity index (χ1) is 7.46. The Hall–Kier alpha value is -1.09. The van der Waals surface area contributed by atoms with Crippen molar-refractivity contribution >= 4 is 19.7 Å². The minimum Gasteiger partial charge on any atom is -0.224 e. The van der Waals surface area contributed by atoms with E-state index in [0.29, 0.717) is 12.1 Å². The fraction of sp³-hybridized carbons (Fsp3) is 0.250. The van der Waals surface area contributed by atoms with Crippen LogP contribution in [-0.4, -0.2) is 28.6 Å². The molecule has 0 radical (unpaired) electrons. The van der Waals surface area contributed by atoms with E-state index in [1.165, 1.54) is 0 Å². The lowest BCUT2D eigenvalue weighted by Crippen LogP contribution is -2.23. The summed E-state index contributed by atoms with van der Waals surface area (Å²) in [6.07, 6.45) is 0.861. The number of alkyl halides is 3. The van der Waals surface area contributed by atoms with Crippen molar-refractivity contribution in [2.75, 3.05) is 6.26 Å². The molecule has 0 spiro atoms. The van der Waals surface area contributed by atoms with Crippen LogP contribution in [0.25, 0.3) is 0 Å². The van der Waals surface area contributed by atoms with Crippen LogP contribution in [-0.2, 0) is 19.7 Å².